The van der Waals surface area contributed by atoms with Crippen molar-refractivity contribution in [3.63, 3.8) is 0 Å². The number of nitrogens with zero attached hydrogens (tertiary/aromatic N) is 2. The van der Waals surface area contributed by atoms with Gasteiger partial charge < -0.3 is 4.57 Å². The Balaban J connectivity index is 1.92. The summed E-state index contributed by atoms with van der Waals surface area (Å²) in [6, 6.07) is 21.7. The van der Waals surface area contributed by atoms with Gasteiger partial charge in [0.2, 0.25) is 0 Å². The van der Waals surface area contributed by atoms with Crippen LogP contribution >= 0.6 is 0 Å². The molecule has 98 valence electrons. The van der Waals surface area contributed by atoms with Gasteiger partial charge >= 0.3 is 0 Å². The minimum atomic E-state index is 0.634. The Labute approximate surface area is 118 Å². The second-order valence-corrected chi connectivity index (χ2v) is 5.31. The number of hydrogen-bond donors (Lipinski definition) is 0. The van der Waals surface area contributed by atoms with E-state index in [-0.39, 0.29) is 0 Å². The molecule has 1 aromatic heterocycles. The van der Waals surface area contributed by atoms with E-state index < -0.39 is 0 Å². The summed E-state index contributed by atoms with van der Waals surface area (Å²) in [5.74, 6) is 0. The minimum Gasteiger partial charge on any atom is -0.327 e. The van der Waals surface area contributed by atoms with Crippen LogP contribution in [0, 0.1) is 0 Å². The largest absolute Gasteiger partial charge is 0.327 e. The molecule has 3 aromatic rings. The molecule has 0 bridgehead atoms. The first-order valence-electron chi connectivity index (χ1n) is 7.11. The van der Waals surface area contributed by atoms with Crippen molar-refractivity contribution in [3.05, 3.63) is 67.0 Å². The molecule has 1 fully saturated rings. The first kappa shape index (κ1) is 11.5. The zero-order chi connectivity index (χ0) is 13.4. The summed E-state index contributed by atoms with van der Waals surface area (Å²) in [4.78, 5) is 4.69. The van der Waals surface area contributed by atoms with E-state index in [0.717, 1.165) is 5.69 Å². The van der Waals surface area contributed by atoms with E-state index in [9.17, 15) is 0 Å². The lowest BCUT2D eigenvalue weighted by molar-refractivity contribution is 0.748. The van der Waals surface area contributed by atoms with Crippen LogP contribution in [0.5, 0.6) is 0 Å². The molecule has 2 heteroatoms. The molecule has 4 rings (SSSR count). The normalized spacial score (nSPS) is 14.4. The molecule has 1 aliphatic rings. The Morgan fingerprint density at radius 2 is 1.40 bits per heavy atom. The van der Waals surface area contributed by atoms with Crippen LogP contribution in [0.1, 0.15) is 18.9 Å². The van der Waals surface area contributed by atoms with Crippen molar-refractivity contribution in [2.75, 3.05) is 0 Å². The Morgan fingerprint density at radius 1 is 0.800 bits per heavy atom. The molecule has 0 unspecified atom stereocenters. The van der Waals surface area contributed by atoms with Gasteiger partial charge in [0.25, 0.3) is 0 Å². The predicted molar refractivity (Wildman–Crippen MR) is 81.4 cm³/mol. The van der Waals surface area contributed by atoms with Gasteiger partial charge in [0.05, 0.1) is 17.7 Å². The number of rotatable bonds is 3. The van der Waals surface area contributed by atoms with Gasteiger partial charge in [-0.25, -0.2) is 4.98 Å². The highest BCUT2D eigenvalue weighted by Crippen LogP contribution is 2.41. The lowest BCUT2D eigenvalue weighted by Crippen LogP contribution is -1.95. The Hall–Kier alpha value is -2.35. The van der Waals surface area contributed by atoms with E-state index in [1.807, 2.05) is 12.4 Å². The summed E-state index contributed by atoms with van der Waals surface area (Å²) in [6.45, 7) is 0. The quantitative estimate of drug-likeness (QED) is 0.675. The lowest BCUT2D eigenvalue weighted by atomic mass is 10.0. The fraction of sp³-hybridized carbons (Fsp3) is 0.167. The third-order valence-corrected chi connectivity index (χ3v) is 3.83. The van der Waals surface area contributed by atoms with Crippen molar-refractivity contribution in [3.8, 4) is 22.5 Å². The summed E-state index contributed by atoms with van der Waals surface area (Å²) >= 11 is 0. The molecule has 0 atom stereocenters. The zero-order valence-electron chi connectivity index (χ0n) is 11.2. The van der Waals surface area contributed by atoms with Crippen molar-refractivity contribution in [2.24, 2.45) is 0 Å². The van der Waals surface area contributed by atoms with Gasteiger partial charge in [-0.05, 0) is 12.8 Å². The Morgan fingerprint density at radius 3 is 2.00 bits per heavy atom. The topological polar surface area (TPSA) is 17.8 Å². The van der Waals surface area contributed by atoms with Crippen LogP contribution < -0.4 is 0 Å². The highest BCUT2D eigenvalue weighted by atomic mass is 15.1. The number of hydrogen-bond acceptors (Lipinski definition) is 1. The highest BCUT2D eigenvalue weighted by molar-refractivity contribution is 5.78. The van der Waals surface area contributed by atoms with Crippen molar-refractivity contribution < 1.29 is 0 Å². The van der Waals surface area contributed by atoms with Crippen molar-refractivity contribution in [2.45, 2.75) is 18.9 Å². The number of imidazole rings is 1. The molecule has 0 amide bonds. The van der Waals surface area contributed by atoms with Crippen LogP contribution in [0.2, 0.25) is 0 Å². The third kappa shape index (κ3) is 1.94. The standard InChI is InChI=1S/C18H16N2/c1-3-7-14(8-4-1)17-18(15-9-5-2-6-10-15)20(13-19-17)16-11-12-16/h1-10,13,16H,11-12H2. The van der Waals surface area contributed by atoms with E-state index in [4.69, 9.17) is 0 Å². The van der Waals surface area contributed by atoms with Gasteiger partial charge in [-0.2, -0.15) is 0 Å². The van der Waals surface area contributed by atoms with Crippen molar-refractivity contribution in [1.82, 2.24) is 9.55 Å². The van der Waals surface area contributed by atoms with Crippen LogP contribution in [0.4, 0.5) is 0 Å². The average molecular weight is 260 g/mol. The summed E-state index contributed by atoms with van der Waals surface area (Å²) in [5, 5.41) is 0. The predicted octanol–water partition coefficient (Wildman–Crippen LogP) is 4.55. The first-order valence-corrected chi connectivity index (χ1v) is 7.11. The van der Waals surface area contributed by atoms with E-state index >= 15 is 0 Å². The van der Waals surface area contributed by atoms with Crippen LogP contribution in [0.3, 0.4) is 0 Å². The Kier molecular flexibility index (Phi) is 2.66. The molecular formula is C18H16N2. The second-order valence-electron chi connectivity index (χ2n) is 5.31. The fourth-order valence-electron chi connectivity index (χ4n) is 2.68. The molecule has 1 heterocycles. The second kappa shape index (κ2) is 4.64. The van der Waals surface area contributed by atoms with Crippen molar-refractivity contribution in [1.29, 1.82) is 0 Å². The van der Waals surface area contributed by atoms with Gasteiger partial charge in [-0.15, -0.1) is 0 Å². The molecule has 0 spiro atoms. The van der Waals surface area contributed by atoms with E-state index in [2.05, 4.69) is 64.1 Å². The van der Waals surface area contributed by atoms with Gasteiger partial charge in [0.1, 0.15) is 0 Å². The number of benzene rings is 2. The molecule has 0 N–H and O–H groups in total. The molecule has 1 saturated carbocycles. The maximum atomic E-state index is 4.69. The maximum Gasteiger partial charge on any atom is 0.0963 e. The molecular weight excluding hydrogens is 244 g/mol. The zero-order valence-corrected chi connectivity index (χ0v) is 11.2. The lowest BCUT2D eigenvalue weighted by Gasteiger charge is -2.09. The fourth-order valence-corrected chi connectivity index (χ4v) is 2.68. The van der Waals surface area contributed by atoms with Crippen LogP contribution in [0.15, 0.2) is 67.0 Å². The average Bonchev–Trinajstić information content (AvgIpc) is 3.27. The molecule has 2 aromatic carbocycles. The molecule has 20 heavy (non-hydrogen) atoms. The first-order chi connectivity index (χ1) is 9.93. The maximum absolute atomic E-state index is 4.69. The summed E-state index contributed by atoms with van der Waals surface area (Å²) < 4.78 is 2.34. The van der Waals surface area contributed by atoms with Gasteiger partial charge in [-0.3, -0.25) is 0 Å². The van der Waals surface area contributed by atoms with E-state index in [1.165, 1.54) is 29.7 Å². The summed E-state index contributed by atoms with van der Waals surface area (Å²) in [6.07, 6.45) is 4.54. The molecule has 0 aliphatic heterocycles. The van der Waals surface area contributed by atoms with Crippen LogP contribution in [-0.4, -0.2) is 9.55 Å². The Bertz CT molecular complexity index is 710. The third-order valence-electron chi connectivity index (χ3n) is 3.83. The highest BCUT2D eigenvalue weighted by Gasteiger charge is 2.27. The molecule has 1 aliphatic carbocycles. The van der Waals surface area contributed by atoms with Gasteiger partial charge in [0.15, 0.2) is 0 Å². The van der Waals surface area contributed by atoms with Crippen LogP contribution in [-0.2, 0) is 0 Å². The molecule has 2 nitrogen and oxygen atoms in total. The SMILES string of the molecule is c1ccc(-c2ncn(C3CC3)c2-c2ccccc2)cc1. The van der Waals surface area contributed by atoms with Crippen molar-refractivity contribution >= 4 is 0 Å². The van der Waals surface area contributed by atoms with E-state index in [1.54, 1.807) is 0 Å². The summed E-state index contributed by atoms with van der Waals surface area (Å²) in [5.41, 5.74) is 4.77. The molecule has 0 radical (unpaired) electrons. The smallest absolute Gasteiger partial charge is 0.0963 e. The van der Waals surface area contributed by atoms with E-state index in [0.29, 0.717) is 6.04 Å². The minimum absolute atomic E-state index is 0.634. The number of aromatic nitrogens is 2. The van der Waals surface area contributed by atoms with Crippen LogP contribution in [0.25, 0.3) is 22.5 Å². The van der Waals surface area contributed by atoms with Gasteiger partial charge in [0, 0.05) is 17.2 Å². The summed E-state index contributed by atoms with van der Waals surface area (Å²) in [7, 11) is 0. The monoisotopic (exact) mass is 260 g/mol. The molecule has 0 saturated heterocycles. The van der Waals surface area contributed by atoms with Gasteiger partial charge in [-0.1, -0.05) is 60.7 Å².